The second-order valence-electron chi connectivity index (χ2n) is 4.20. The minimum absolute atomic E-state index is 0.332. The number of halogens is 1. The number of amides is 1. The van der Waals surface area contributed by atoms with Gasteiger partial charge in [-0.1, -0.05) is 31.0 Å². The molecule has 1 aromatic rings. The van der Waals surface area contributed by atoms with Gasteiger partial charge in [0.05, 0.1) is 6.61 Å². The van der Waals surface area contributed by atoms with Crippen LogP contribution in [0.4, 0.5) is 10.5 Å². The van der Waals surface area contributed by atoms with Crippen LogP contribution in [-0.2, 0) is 14.3 Å². The number of carbonyl (C=O) groups excluding carboxylic acids is 2. The molecule has 0 aliphatic rings. The van der Waals surface area contributed by atoms with Crippen LogP contribution in [0.2, 0.25) is 5.02 Å². The van der Waals surface area contributed by atoms with Crippen LogP contribution in [0.3, 0.4) is 0 Å². The zero-order valence-corrected chi connectivity index (χ0v) is 12.3. The van der Waals surface area contributed by atoms with E-state index in [-0.39, 0.29) is 0 Å². The van der Waals surface area contributed by atoms with Gasteiger partial charge in [-0.15, -0.1) is 0 Å². The summed E-state index contributed by atoms with van der Waals surface area (Å²) in [6, 6.07) is 6.62. The molecule has 1 rings (SSSR count). The number of rotatable bonds is 6. The molecular weight excluding hydrogens is 282 g/mol. The van der Waals surface area contributed by atoms with Gasteiger partial charge >= 0.3 is 12.1 Å². The number of esters is 1. The molecule has 0 spiro atoms. The molecule has 0 radical (unpaired) electrons. The Hall–Kier alpha value is -1.75. The molecule has 5 nitrogen and oxygen atoms in total. The molecule has 1 aromatic carbocycles. The monoisotopic (exact) mass is 299 g/mol. The fourth-order valence-corrected chi connectivity index (χ4v) is 1.55. The topological polar surface area (TPSA) is 64.6 Å². The van der Waals surface area contributed by atoms with Crippen molar-refractivity contribution in [2.75, 3.05) is 11.9 Å². The Morgan fingerprint density at radius 3 is 2.80 bits per heavy atom. The molecule has 6 heteroatoms. The zero-order chi connectivity index (χ0) is 15.0. The van der Waals surface area contributed by atoms with E-state index in [0.717, 1.165) is 12.8 Å². The number of nitrogens with one attached hydrogen (secondary N) is 1. The quantitative estimate of drug-likeness (QED) is 0.643. The van der Waals surface area contributed by atoms with Gasteiger partial charge in [-0.2, -0.15) is 0 Å². The fraction of sp³-hybridized carbons (Fsp3) is 0.429. The first kappa shape index (κ1) is 16.3. The summed E-state index contributed by atoms with van der Waals surface area (Å²) in [6.45, 7) is 3.79. The average molecular weight is 300 g/mol. The smallest absolute Gasteiger partial charge is 0.412 e. The van der Waals surface area contributed by atoms with Crippen LogP contribution >= 0.6 is 11.6 Å². The van der Waals surface area contributed by atoms with Gasteiger partial charge in [0.15, 0.2) is 6.10 Å². The van der Waals surface area contributed by atoms with Gasteiger partial charge < -0.3 is 9.47 Å². The highest BCUT2D eigenvalue weighted by atomic mass is 35.5. The lowest BCUT2D eigenvalue weighted by Gasteiger charge is -2.13. The molecule has 0 aliphatic carbocycles. The molecule has 0 fully saturated rings. The van der Waals surface area contributed by atoms with E-state index in [0.29, 0.717) is 17.3 Å². The summed E-state index contributed by atoms with van der Waals surface area (Å²) in [7, 11) is 0. The van der Waals surface area contributed by atoms with E-state index < -0.39 is 18.2 Å². The molecule has 0 heterocycles. The van der Waals surface area contributed by atoms with Crippen LogP contribution in [0.5, 0.6) is 0 Å². The number of unbranched alkanes of at least 4 members (excludes halogenated alkanes) is 1. The van der Waals surface area contributed by atoms with Gasteiger partial charge in [-0.05, 0) is 31.5 Å². The Kier molecular flexibility index (Phi) is 6.87. The van der Waals surface area contributed by atoms with Crippen LogP contribution < -0.4 is 5.32 Å². The van der Waals surface area contributed by atoms with Gasteiger partial charge in [0.25, 0.3) is 0 Å². The number of ether oxygens (including phenoxy) is 2. The van der Waals surface area contributed by atoms with E-state index in [2.05, 4.69) is 5.32 Å². The lowest BCUT2D eigenvalue weighted by Crippen LogP contribution is -2.28. The summed E-state index contributed by atoms with van der Waals surface area (Å²) in [5.74, 6) is -0.556. The van der Waals surface area contributed by atoms with E-state index in [4.69, 9.17) is 21.1 Å². The first-order chi connectivity index (χ1) is 9.52. The van der Waals surface area contributed by atoms with Crippen molar-refractivity contribution < 1.29 is 19.1 Å². The van der Waals surface area contributed by atoms with Crippen molar-refractivity contribution in [3.8, 4) is 0 Å². The van der Waals surface area contributed by atoms with Crippen molar-refractivity contribution in [3.05, 3.63) is 29.3 Å². The Morgan fingerprint density at radius 1 is 1.40 bits per heavy atom. The maximum atomic E-state index is 11.6. The highest BCUT2D eigenvalue weighted by molar-refractivity contribution is 6.30. The minimum atomic E-state index is -0.953. The van der Waals surface area contributed by atoms with Gasteiger partial charge in [-0.3, -0.25) is 5.32 Å². The van der Waals surface area contributed by atoms with Crippen molar-refractivity contribution in [3.63, 3.8) is 0 Å². The largest absolute Gasteiger partial charge is 0.463 e. The third kappa shape index (κ3) is 5.93. The summed E-state index contributed by atoms with van der Waals surface area (Å²) in [4.78, 5) is 23.1. The van der Waals surface area contributed by atoms with E-state index in [1.807, 2.05) is 6.92 Å². The number of hydrogen-bond donors (Lipinski definition) is 1. The summed E-state index contributed by atoms with van der Waals surface area (Å²) in [5, 5.41) is 2.98. The molecule has 0 aliphatic heterocycles. The van der Waals surface area contributed by atoms with E-state index in [1.54, 1.807) is 24.3 Å². The lowest BCUT2D eigenvalue weighted by molar-refractivity contribution is -0.152. The molecule has 0 saturated carbocycles. The number of hydrogen-bond acceptors (Lipinski definition) is 4. The summed E-state index contributed by atoms with van der Waals surface area (Å²) in [6.07, 6.45) is 0.0311. The van der Waals surface area contributed by atoms with Crippen LogP contribution in [0, 0.1) is 0 Å². The molecule has 0 saturated heterocycles. The Bertz CT molecular complexity index is 464. The van der Waals surface area contributed by atoms with Gasteiger partial charge in [0.1, 0.15) is 0 Å². The molecule has 0 unspecified atom stereocenters. The van der Waals surface area contributed by atoms with Crippen molar-refractivity contribution in [2.24, 2.45) is 0 Å². The zero-order valence-electron chi connectivity index (χ0n) is 11.5. The molecular formula is C14H18ClNO4. The molecule has 0 bridgehead atoms. The standard InChI is InChI=1S/C14H18ClNO4/c1-3-4-8-19-13(17)10(2)20-14(18)16-12-7-5-6-11(15)9-12/h5-7,9-10H,3-4,8H2,1-2H3,(H,16,18)/t10-/m0/s1. The van der Waals surface area contributed by atoms with Crippen molar-refractivity contribution in [2.45, 2.75) is 32.8 Å². The second kappa shape index (κ2) is 8.43. The lowest BCUT2D eigenvalue weighted by atomic mass is 10.3. The first-order valence-corrected chi connectivity index (χ1v) is 6.80. The predicted molar refractivity (Wildman–Crippen MR) is 76.9 cm³/mol. The Morgan fingerprint density at radius 2 is 2.15 bits per heavy atom. The van der Waals surface area contributed by atoms with E-state index in [9.17, 15) is 9.59 Å². The van der Waals surface area contributed by atoms with Gasteiger partial charge in [-0.25, -0.2) is 9.59 Å². The molecule has 0 aromatic heterocycles. The molecule has 20 heavy (non-hydrogen) atoms. The molecule has 1 N–H and O–H groups in total. The Labute approximate surface area is 123 Å². The molecule has 1 amide bonds. The van der Waals surface area contributed by atoms with Crippen molar-refractivity contribution in [1.82, 2.24) is 0 Å². The minimum Gasteiger partial charge on any atom is -0.463 e. The van der Waals surface area contributed by atoms with Gasteiger partial charge in [0.2, 0.25) is 0 Å². The van der Waals surface area contributed by atoms with Crippen molar-refractivity contribution >= 4 is 29.4 Å². The normalized spacial score (nSPS) is 11.6. The van der Waals surface area contributed by atoms with Crippen LogP contribution in [-0.4, -0.2) is 24.8 Å². The summed E-state index contributed by atoms with van der Waals surface area (Å²) in [5.41, 5.74) is 0.494. The third-order valence-corrected chi connectivity index (χ3v) is 2.66. The molecule has 110 valence electrons. The second-order valence-corrected chi connectivity index (χ2v) is 4.64. The first-order valence-electron chi connectivity index (χ1n) is 6.42. The SMILES string of the molecule is CCCCOC(=O)[C@H](C)OC(=O)Nc1cccc(Cl)c1. The van der Waals surface area contributed by atoms with Crippen molar-refractivity contribution in [1.29, 1.82) is 0 Å². The average Bonchev–Trinajstić information content (AvgIpc) is 2.38. The van der Waals surface area contributed by atoms with Crippen LogP contribution in [0.25, 0.3) is 0 Å². The highest BCUT2D eigenvalue weighted by Gasteiger charge is 2.19. The fourth-order valence-electron chi connectivity index (χ4n) is 1.36. The van der Waals surface area contributed by atoms with Gasteiger partial charge in [0, 0.05) is 10.7 Å². The predicted octanol–water partition coefficient (Wildman–Crippen LogP) is 3.62. The maximum Gasteiger partial charge on any atom is 0.412 e. The number of carbonyl (C=O) groups is 2. The summed E-state index contributed by atoms with van der Waals surface area (Å²) < 4.78 is 9.87. The number of benzene rings is 1. The molecule has 1 atom stereocenters. The van der Waals surface area contributed by atoms with E-state index >= 15 is 0 Å². The van der Waals surface area contributed by atoms with E-state index in [1.165, 1.54) is 6.92 Å². The maximum absolute atomic E-state index is 11.6. The highest BCUT2D eigenvalue weighted by Crippen LogP contribution is 2.15. The van der Waals surface area contributed by atoms with Crippen LogP contribution in [0.1, 0.15) is 26.7 Å². The van der Waals surface area contributed by atoms with Crippen LogP contribution in [0.15, 0.2) is 24.3 Å². The third-order valence-electron chi connectivity index (χ3n) is 2.43. The summed E-state index contributed by atoms with van der Waals surface area (Å²) >= 11 is 5.79. The number of anilines is 1. The Balaban J connectivity index is 2.39.